The van der Waals surface area contributed by atoms with Crippen LogP contribution in [0.2, 0.25) is 5.02 Å². The monoisotopic (exact) mass is 414 g/mol. The fourth-order valence-electron chi connectivity index (χ4n) is 4.67. The average Bonchev–Trinajstić information content (AvgIpc) is 3.09. The van der Waals surface area contributed by atoms with E-state index in [1.807, 2.05) is 39.0 Å². The van der Waals surface area contributed by atoms with Crippen LogP contribution in [0.15, 0.2) is 24.3 Å². The molecule has 152 valence electrons. The molecule has 4 nitrogen and oxygen atoms in total. The minimum absolute atomic E-state index is 0. The van der Waals surface area contributed by atoms with Gasteiger partial charge in [-0.1, -0.05) is 50.4 Å². The van der Waals surface area contributed by atoms with Crippen LogP contribution in [0.5, 0.6) is 0 Å². The number of halogens is 2. The standard InChI is InChI=1S/C21H31ClN2O2.ClH/c1-4-26-17-13-21(23,19(17,2)3)18(25)24-14-20(10-5-6-11-20)15-8-7-9-16(22)12-15;/h7-9,12,17H,4-6,10-11,13-14,23H2,1-3H3,(H,24,25);1H. The van der Waals surface area contributed by atoms with E-state index in [-0.39, 0.29) is 35.2 Å². The van der Waals surface area contributed by atoms with Crippen molar-refractivity contribution in [2.45, 2.75) is 69.9 Å². The summed E-state index contributed by atoms with van der Waals surface area (Å²) < 4.78 is 5.74. The maximum atomic E-state index is 13.0. The van der Waals surface area contributed by atoms with Crippen molar-refractivity contribution in [3.05, 3.63) is 34.9 Å². The topological polar surface area (TPSA) is 64.3 Å². The molecule has 0 aliphatic heterocycles. The van der Waals surface area contributed by atoms with Gasteiger partial charge in [-0.2, -0.15) is 0 Å². The van der Waals surface area contributed by atoms with E-state index in [0.717, 1.165) is 17.9 Å². The van der Waals surface area contributed by atoms with Gasteiger partial charge in [-0.15, -0.1) is 12.4 Å². The van der Waals surface area contributed by atoms with Gasteiger partial charge in [0.25, 0.3) is 0 Å². The summed E-state index contributed by atoms with van der Waals surface area (Å²) >= 11 is 6.21. The first-order valence-corrected chi connectivity index (χ1v) is 10.1. The van der Waals surface area contributed by atoms with Crippen molar-refractivity contribution in [2.24, 2.45) is 11.1 Å². The summed E-state index contributed by atoms with van der Waals surface area (Å²) in [6, 6.07) is 8.05. The van der Waals surface area contributed by atoms with E-state index in [9.17, 15) is 4.79 Å². The highest BCUT2D eigenvalue weighted by Crippen LogP contribution is 2.50. The summed E-state index contributed by atoms with van der Waals surface area (Å²) in [6.07, 6.45) is 5.09. The van der Waals surface area contributed by atoms with Crippen LogP contribution in [0.1, 0.15) is 58.4 Å². The van der Waals surface area contributed by atoms with Crippen molar-refractivity contribution in [3.63, 3.8) is 0 Å². The first kappa shape index (κ1) is 22.5. The molecule has 3 rings (SSSR count). The molecule has 0 spiro atoms. The molecule has 0 bridgehead atoms. The highest BCUT2D eigenvalue weighted by molar-refractivity contribution is 6.30. The normalized spacial score (nSPS) is 28.1. The van der Waals surface area contributed by atoms with E-state index in [2.05, 4.69) is 11.4 Å². The van der Waals surface area contributed by atoms with Gasteiger partial charge in [-0.05, 0) is 37.5 Å². The van der Waals surface area contributed by atoms with E-state index in [1.54, 1.807) is 0 Å². The lowest BCUT2D eigenvalue weighted by Gasteiger charge is -2.57. The summed E-state index contributed by atoms with van der Waals surface area (Å²) in [5.74, 6) is -0.0632. The Hall–Kier alpha value is -0.810. The zero-order valence-electron chi connectivity index (χ0n) is 16.5. The lowest BCUT2D eigenvalue weighted by atomic mass is 9.54. The first-order valence-electron chi connectivity index (χ1n) is 9.70. The van der Waals surface area contributed by atoms with Crippen LogP contribution in [0.3, 0.4) is 0 Å². The Bertz CT molecular complexity index is 674. The van der Waals surface area contributed by atoms with Gasteiger partial charge in [0.2, 0.25) is 5.91 Å². The predicted molar refractivity (Wildman–Crippen MR) is 113 cm³/mol. The summed E-state index contributed by atoms with van der Waals surface area (Å²) in [7, 11) is 0. The zero-order valence-corrected chi connectivity index (χ0v) is 18.1. The van der Waals surface area contributed by atoms with Crippen LogP contribution in [-0.2, 0) is 14.9 Å². The van der Waals surface area contributed by atoms with Crippen molar-refractivity contribution in [1.29, 1.82) is 0 Å². The number of benzene rings is 1. The van der Waals surface area contributed by atoms with Crippen LogP contribution < -0.4 is 11.1 Å². The van der Waals surface area contributed by atoms with Crippen molar-refractivity contribution in [2.75, 3.05) is 13.2 Å². The van der Waals surface area contributed by atoms with Crippen LogP contribution >= 0.6 is 24.0 Å². The molecule has 2 saturated carbocycles. The van der Waals surface area contributed by atoms with Gasteiger partial charge in [0.15, 0.2) is 0 Å². The van der Waals surface area contributed by atoms with E-state index < -0.39 is 5.54 Å². The quantitative estimate of drug-likeness (QED) is 0.731. The molecular formula is C21H32Cl2N2O2. The molecule has 1 amide bonds. The third-order valence-electron chi connectivity index (χ3n) is 6.82. The Labute approximate surface area is 174 Å². The highest BCUT2D eigenvalue weighted by Gasteiger charge is 2.63. The Balaban J connectivity index is 0.00000261. The van der Waals surface area contributed by atoms with Gasteiger partial charge < -0.3 is 15.8 Å². The van der Waals surface area contributed by atoms with E-state index in [1.165, 1.54) is 18.4 Å². The molecule has 2 aliphatic rings. The second kappa shape index (κ2) is 8.28. The minimum atomic E-state index is -0.874. The number of carbonyl (C=O) groups excluding carboxylic acids is 1. The van der Waals surface area contributed by atoms with Crippen molar-refractivity contribution in [3.8, 4) is 0 Å². The SMILES string of the molecule is CCOC1CC(N)(C(=O)NCC2(c3cccc(Cl)c3)CCCC2)C1(C)C.Cl. The molecule has 2 aliphatic carbocycles. The second-order valence-electron chi connectivity index (χ2n) is 8.52. The van der Waals surface area contributed by atoms with E-state index >= 15 is 0 Å². The molecule has 2 fully saturated rings. The molecule has 3 N–H and O–H groups in total. The molecule has 1 aromatic carbocycles. The van der Waals surface area contributed by atoms with Crippen LogP contribution in [0.4, 0.5) is 0 Å². The third kappa shape index (κ3) is 3.87. The Morgan fingerprint density at radius 1 is 1.33 bits per heavy atom. The summed E-state index contributed by atoms with van der Waals surface area (Å²) in [5.41, 5.74) is 6.46. The number of amides is 1. The third-order valence-corrected chi connectivity index (χ3v) is 7.06. The van der Waals surface area contributed by atoms with Crippen LogP contribution in [-0.4, -0.2) is 30.7 Å². The molecule has 2 unspecified atom stereocenters. The fraction of sp³-hybridized carbons (Fsp3) is 0.667. The molecule has 1 aromatic rings. The van der Waals surface area contributed by atoms with E-state index in [0.29, 0.717) is 19.6 Å². The molecule has 2 atom stereocenters. The van der Waals surface area contributed by atoms with Crippen LogP contribution in [0.25, 0.3) is 0 Å². The van der Waals surface area contributed by atoms with E-state index in [4.69, 9.17) is 22.1 Å². The number of ether oxygens (including phenoxy) is 1. The van der Waals surface area contributed by atoms with Gasteiger partial charge in [-0.25, -0.2) is 0 Å². The Kier molecular flexibility index (Phi) is 6.89. The maximum absolute atomic E-state index is 13.0. The van der Waals surface area contributed by atoms with Gasteiger partial charge in [0.1, 0.15) is 5.54 Å². The molecule has 6 heteroatoms. The summed E-state index contributed by atoms with van der Waals surface area (Å²) in [6.45, 7) is 7.28. The second-order valence-corrected chi connectivity index (χ2v) is 8.96. The lowest BCUT2D eigenvalue weighted by molar-refractivity contribution is -0.170. The summed E-state index contributed by atoms with van der Waals surface area (Å²) in [4.78, 5) is 13.0. The average molecular weight is 415 g/mol. The first-order chi connectivity index (χ1) is 12.2. The Morgan fingerprint density at radius 3 is 2.56 bits per heavy atom. The molecule has 0 heterocycles. The largest absolute Gasteiger partial charge is 0.378 e. The van der Waals surface area contributed by atoms with Crippen molar-refractivity contribution < 1.29 is 9.53 Å². The molecule has 27 heavy (non-hydrogen) atoms. The van der Waals surface area contributed by atoms with Gasteiger partial charge in [0.05, 0.1) is 6.10 Å². The molecule has 0 saturated heterocycles. The highest BCUT2D eigenvalue weighted by atomic mass is 35.5. The minimum Gasteiger partial charge on any atom is -0.378 e. The number of hydrogen-bond acceptors (Lipinski definition) is 3. The maximum Gasteiger partial charge on any atom is 0.240 e. The number of carbonyl (C=O) groups is 1. The number of nitrogens with two attached hydrogens (primary N) is 1. The number of nitrogens with one attached hydrogen (secondary N) is 1. The van der Waals surface area contributed by atoms with Crippen LogP contribution in [0, 0.1) is 5.41 Å². The van der Waals surface area contributed by atoms with Gasteiger partial charge in [0, 0.05) is 35.4 Å². The van der Waals surface area contributed by atoms with Gasteiger partial charge in [-0.3, -0.25) is 4.79 Å². The smallest absolute Gasteiger partial charge is 0.240 e. The predicted octanol–water partition coefficient (Wildman–Crippen LogP) is 4.22. The van der Waals surface area contributed by atoms with Crippen molar-refractivity contribution in [1.82, 2.24) is 5.32 Å². The van der Waals surface area contributed by atoms with Gasteiger partial charge >= 0.3 is 0 Å². The number of rotatable bonds is 6. The molecular weight excluding hydrogens is 383 g/mol. The Morgan fingerprint density at radius 2 is 2.00 bits per heavy atom. The van der Waals surface area contributed by atoms with Crippen molar-refractivity contribution >= 4 is 29.9 Å². The lowest BCUT2D eigenvalue weighted by Crippen LogP contribution is -2.76. The zero-order chi connectivity index (χ0) is 19.0. The fourth-order valence-corrected chi connectivity index (χ4v) is 4.86. The molecule has 0 aromatic heterocycles. The number of hydrogen-bond donors (Lipinski definition) is 2. The summed E-state index contributed by atoms with van der Waals surface area (Å²) in [5, 5.41) is 3.93. The molecule has 0 radical (unpaired) electrons.